The van der Waals surface area contributed by atoms with Gasteiger partial charge >= 0.3 is 0 Å². The highest BCUT2D eigenvalue weighted by atomic mass is 35.5. The predicted octanol–water partition coefficient (Wildman–Crippen LogP) is 1.28. The van der Waals surface area contributed by atoms with Crippen molar-refractivity contribution in [3.05, 3.63) is 35.4 Å². The molecule has 0 aromatic heterocycles. The van der Waals surface area contributed by atoms with E-state index in [4.69, 9.17) is 22.7 Å². The van der Waals surface area contributed by atoms with E-state index in [1.54, 1.807) is 24.3 Å². The van der Waals surface area contributed by atoms with Crippen LogP contribution in [0.2, 0.25) is 0 Å². The van der Waals surface area contributed by atoms with Crippen LogP contribution in [0.5, 0.6) is 0 Å². The Morgan fingerprint density at radius 2 is 1.92 bits per heavy atom. The molecule has 0 radical (unpaired) electrons. The zero-order valence-corrected chi connectivity index (χ0v) is 7.64. The van der Waals surface area contributed by atoms with E-state index in [9.17, 15) is 4.79 Å². The normalized spacial score (nSPS) is 9.62. The summed E-state index contributed by atoms with van der Waals surface area (Å²) in [6.07, 6.45) is 0.208. The second kappa shape index (κ2) is 4.05. The van der Waals surface area contributed by atoms with Crippen molar-refractivity contribution in [3.63, 3.8) is 0 Å². The van der Waals surface area contributed by atoms with E-state index in [2.05, 4.69) is 0 Å². The molecule has 0 fully saturated rings. The molecular weight excluding hydrogens is 188 g/mol. The van der Waals surface area contributed by atoms with Crippen LogP contribution in [0.1, 0.15) is 11.1 Å². The highest BCUT2D eigenvalue weighted by Crippen LogP contribution is 2.05. The lowest BCUT2D eigenvalue weighted by Gasteiger charge is -1.99. The monoisotopic (exact) mass is 196 g/mol. The maximum absolute atomic E-state index is 10.5. The fourth-order valence-electron chi connectivity index (χ4n) is 0.963. The minimum absolute atomic E-state index is 0.0174. The first-order valence-corrected chi connectivity index (χ1v) is 4.09. The Kier molecular flexibility index (Phi) is 3.03. The van der Waals surface area contributed by atoms with E-state index in [0.29, 0.717) is 5.56 Å². The largest absolute Gasteiger partial charge is 0.384 e. The number of nitrogens with one attached hydrogen (secondary N) is 1. The molecule has 68 valence electrons. The summed E-state index contributed by atoms with van der Waals surface area (Å²) >= 11 is 5.21. The van der Waals surface area contributed by atoms with Crippen LogP contribution < -0.4 is 5.73 Å². The van der Waals surface area contributed by atoms with Crippen LogP contribution in [-0.2, 0) is 11.2 Å². The number of carbonyl (C=O) groups is 1. The Labute approximate surface area is 81.0 Å². The molecule has 3 nitrogen and oxygen atoms in total. The smallest absolute Gasteiger partial charge is 0.226 e. The van der Waals surface area contributed by atoms with Crippen LogP contribution in [0.15, 0.2) is 24.3 Å². The van der Waals surface area contributed by atoms with Gasteiger partial charge in [-0.2, -0.15) is 0 Å². The summed E-state index contributed by atoms with van der Waals surface area (Å²) in [6, 6.07) is 6.85. The van der Waals surface area contributed by atoms with E-state index in [1.807, 2.05) is 0 Å². The minimum Gasteiger partial charge on any atom is -0.384 e. The molecule has 0 bridgehead atoms. The Hall–Kier alpha value is -1.35. The quantitative estimate of drug-likeness (QED) is 0.435. The number of nitrogen functional groups attached to an aromatic ring is 1. The maximum atomic E-state index is 10.5. The van der Waals surface area contributed by atoms with Crippen molar-refractivity contribution in [2.24, 2.45) is 5.73 Å². The number of hydrogen-bond acceptors (Lipinski definition) is 2. The topological polar surface area (TPSA) is 66.9 Å². The van der Waals surface area contributed by atoms with Gasteiger partial charge in [0.15, 0.2) is 0 Å². The van der Waals surface area contributed by atoms with Gasteiger partial charge in [0.2, 0.25) is 5.24 Å². The van der Waals surface area contributed by atoms with Gasteiger partial charge in [-0.3, -0.25) is 10.2 Å². The molecule has 0 spiro atoms. The number of halogens is 1. The molecule has 1 rings (SSSR count). The predicted molar refractivity (Wildman–Crippen MR) is 52.0 cm³/mol. The van der Waals surface area contributed by atoms with Gasteiger partial charge in [0.25, 0.3) is 0 Å². The molecule has 1 aromatic rings. The van der Waals surface area contributed by atoms with Crippen molar-refractivity contribution >= 4 is 22.7 Å². The first-order valence-electron chi connectivity index (χ1n) is 3.71. The SMILES string of the molecule is N=C(N)c1ccc(CC(=O)Cl)cc1. The van der Waals surface area contributed by atoms with E-state index in [1.165, 1.54) is 0 Å². The molecule has 0 heterocycles. The van der Waals surface area contributed by atoms with Crippen molar-refractivity contribution < 1.29 is 4.79 Å². The van der Waals surface area contributed by atoms with Crippen LogP contribution in [0.25, 0.3) is 0 Å². The molecule has 4 heteroatoms. The molecule has 0 atom stereocenters. The fraction of sp³-hybridized carbons (Fsp3) is 0.111. The van der Waals surface area contributed by atoms with Gasteiger partial charge in [0.1, 0.15) is 5.84 Å². The Morgan fingerprint density at radius 3 is 2.31 bits per heavy atom. The molecule has 0 saturated carbocycles. The molecule has 0 aliphatic rings. The van der Waals surface area contributed by atoms with Gasteiger partial charge in [0, 0.05) is 12.0 Å². The van der Waals surface area contributed by atoms with Crippen LogP contribution in [0.3, 0.4) is 0 Å². The summed E-state index contributed by atoms with van der Waals surface area (Å²) < 4.78 is 0. The van der Waals surface area contributed by atoms with Gasteiger partial charge in [-0.15, -0.1) is 0 Å². The Bertz CT molecular complexity index is 332. The second-order valence-electron chi connectivity index (χ2n) is 2.64. The van der Waals surface area contributed by atoms with E-state index in [-0.39, 0.29) is 12.3 Å². The van der Waals surface area contributed by atoms with Crippen LogP contribution in [-0.4, -0.2) is 11.1 Å². The van der Waals surface area contributed by atoms with Crippen molar-refractivity contribution in [1.82, 2.24) is 0 Å². The van der Waals surface area contributed by atoms with Gasteiger partial charge in [0.05, 0.1) is 0 Å². The van der Waals surface area contributed by atoms with Crippen LogP contribution in [0, 0.1) is 5.41 Å². The molecule has 1 aromatic carbocycles. The summed E-state index contributed by atoms with van der Waals surface area (Å²) in [5.74, 6) is 0.0174. The van der Waals surface area contributed by atoms with E-state index in [0.717, 1.165) is 5.56 Å². The molecule has 0 saturated heterocycles. The number of benzene rings is 1. The Balaban J connectivity index is 2.81. The summed E-state index contributed by atoms with van der Waals surface area (Å²) in [4.78, 5) is 10.5. The molecular formula is C9H9ClN2O. The van der Waals surface area contributed by atoms with Gasteiger partial charge in [-0.25, -0.2) is 0 Å². The van der Waals surface area contributed by atoms with Crippen molar-refractivity contribution in [2.45, 2.75) is 6.42 Å². The first kappa shape index (κ1) is 9.74. The molecule has 13 heavy (non-hydrogen) atoms. The lowest BCUT2D eigenvalue weighted by molar-refractivity contribution is -0.111. The van der Waals surface area contributed by atoms with Gasteiger partial charge < -0.3 is 5.73 Å². The third-order valence-electron chi connectivity index (χ3n) is 1.61. The Morgan fingerprint density at radius 1 is 1.38 bits per heavy atom. The molecule has 3 N–H and O–H groups in total. The summed E-state index contributed by atoms with van der Waals surface area (Å²) in [5.41, 5.74) is 6.72. The third-order valence-corrected chi connectivity index (χ3v) is 1.74. The second-order valence-corrected chi connectivity index (χ2v) is 3.06. The number of rotatable bonds is 3. The zero-order chi connectivity index (χ0) is 9.84. The first-order chi connectivity index (χ1) is 6.09. The minimum atomic E-state index is -0.393. The number of amidine groups is 1. The third kappa shape index (κ3) is 2.87. The molecule has 0 aliphatic carbocycles. The molecule has 0 aliphatic heterocycles. The number of nitrogens with two attached hydrogens (primary N) is 1. The van der Waals surface area contributed by atoms with E-state index < -0.39 is 5.24 Å². The lowest BCUT2D eigenvalue weighted by Crippen LogP contribution is -2.10. The zero-order valence-electron chi connectivity index (χ0n) is 6.88. The van der Waals surface area contributed by atoms with Crippen molar-refractivity contribution in [1.29, 1.82) is 5.41 Å². The van der Waals surface area contributed by atoms with Crippen molar-refractivity contribution in [3.8, 4) is 0 Å². The average Bonchev–Trinajstić information content (AvgIpc) is 2.04. The van der Waals surface area contributed by atoms with Crippen molar-refractivity contribution in [2.75, 3.05) is 0 Å². The van der Waals surface area contributed by atoms with Crippen LogP contribution >= 0.6 is 11.6 Å². The highest BCUT2D eigenvalue weighted by molar-refractivity contribution is 6.63. The number of hydrogen-bond donors (Lipinski definition) is 2. The summed E-state index contributed by atoms with van der Waals surface area (Å²) in [7, 11) is 0. The summed E-state index contributed by atoms with van der Waals surface area (Å²) in [5, 5.41) is 6.74. The molecule has 0 unspecified atom stereocenters. The standard InChI is InChI=1S/C9H9ClN2O/c10-8(13)5-6-1-3-7(4-2-6)9(11)12/h1-4H,5H2,(H3,11,12). The summed E-state index contributed by atoms with van der Waals surface area (Å²) in [6.45, 7) is 0. The lowest BCUT2D eigenvalue weighted by atomic mass is 10.1. The van der Waals surface area contributed by atoms with Gasteiger partial charge in [-0.05, 0) is 17.2 Å². The number of carbonyl (C=O) groups excluding carboxylic acids is 1. The average molecular weight is 197 g/mol. The fourth-order valence-corrected chi connectivity index (χ4v) is 1.12. The molecule has 0 amide bonds. The van der Waals surface area contributed by atoms with Crippen LogP contribution in [0.4, 0.5) is 0 Å². The maximum Gasteiger partial charge on any atom is 0.226 e. The van der Waals surface area contributed by atoms with Gasteiger partial charge in [-0.1, -0.05) is 24.3 Å². The van der Waals surface area contributed by atoms with E-state index >= 15 is 0 Å². The highest BCUT2D eigenvalue weighted by Gasteiger charge is 2.00.